The van der Waals surface area contributed by atoms with Crippen LogP contribution in [0.25, 0.3) is 0 Å². The van der Waals surface area contributed by atoms with E-state index in [1.165, 1.54) is 0 Å². The normalized spacial score (nSPS) is 28.9. The van der Waals surface area contributed by atoms with E-state index < -0.39 is 30.7 Å². The van der Waals surface area contributed by atoms with Crippen LogP contribution in [0.4, 0.5) is 0 Å². The molecular formula is C17H37N5O6. The second-order valence-electron chi connectivity index (χ2n) is 7.24. The number of hydrogen-bond acceptors (Lipinski definition) is 6. The topological polar surface area (TPSA) is 219 Å². The van der Waals surface area contributed by atoms with Crippen LogP contribution in [0.15, 0.2) is 0 Å². The first-order chi connectivity index (χ1) is 13.4. The van der Waals surface area contributed by atoms with Crippen molar-refractivity contribution in [3.05, 3.63) is 0 Å². The molecule has 0 spiro atoms. The SMILES string of the molecule is [NH3+]CCC[NH2+]CCCC([NH2+]CCC[NH3+])C(=O)NC[C@H]1O[C@H]([O-])[C@H]([O-])[C@@H]([O-])[C@H]1[O-]. The number of carbonyl (C=O) groups is 1. The number of amides is 1. The van der Waals surface area contributed by atoms with Gasteiger partial charge in [0.2, 0.25) is 0 Å². The van der Waals surface area contributed by atoms with Crippen molar-refractivity contribution < 1.29 is 52.1 Å². The average molecular weight is 408 g/mol. The molecule has 1 amide bonds. The van der Waals surface area contributed by atoms with Gasteiger partial charge >= 0.3 is 0 Å². The minimum atomic E-state index is -2.11. The lowest BCUT2D eigenvalue weighted by atomic mass is 9.99. The summed E-state index contributed by atoms with van der Waals surface area (Å²) in [7, 11) is 0. The van der Waals surface area contributed by atoms with E-state index in [-0.39, 0.29) is 18.5 Å². The molecule has 6 atom stereocenters. The van der Waals surface area contributed by atoms with E-state index in [4.69, 9.17) is 4.74 Å². The van der Waals surface area contributed by atoms with E-state index in [0.717, 1.165) is 52.0 Å². The number of rotatable bonds is 14. The fraction of sp³-hybridized carbons (Fsp3) is 0.941. The van der Waals surface area contributed by atoms with Crippen LogP contribution in [-0.4, -0.2) is 81.9 Å². The summed E-state index contributed by atoms with van der Waals surface area (Å²) in [5.41, 5.74) is 7.59. The predicted octanol–water partition coefficient (Wildman–Crippen LogP) is -10.1. The van der Waals surface area contributed by atoms with Gasteiger partial charge in [0.25, 0.3) is 5.91 Å². The molecule has 11 heteroatoms. The quantitative estimate of drug-likeness (QED) is 0.176. The van der Waals surface area contributed by atoms with Gasteiger partial charge in [0.1, 0.15) is 0 Å². The van der Waals surface area contributed by atoms with Crippen molar-refractivity contribution >= 4 is 5.91 Å². The Morgan fingerprint density at radius 2 is 1.61 bits per heavy atom. The summed E-state index contributed by atoms with van der Waals surface area (Å²) in [6.07, 6.45) is -5.89. The van der Waals surface area contributed by atoms with Gasteiger partial charge in [-0.1, -0.05) is 0 Å². The highest BCUT2D eigenvalue weighted by atomic mass is 16.6. The molecule has 1 aliphatic heterocycles. The molecule has 0 radical (unpaired) electrons. The van der Waals surface area contributed by atoms with Gasteiger partial charge in [-0.05, 0) is 6.29 Å². The standard InChI is InChI=1S/C17H33N5O6/c18-5-2-8-20-7-1-4-11(21-9-3-6-19)16(26)22-10-12-13(23)14(24)15(25)17(27)28-12/h11-15,17,20-21H,1-10,18-19H2,(H,22,26)/q-4/p+4/t11?,12-,13+,14+,15-,17+/m1/s1. The molecule has 1 rings (SSSR count). The third-order valence-electron chi connectivity index (χ3n) is 4.89. The summed E-state index contributed by atoms with van der Waals surface area (Å²) in [5, 5.41) is 53.0. The molecule has 1 unspecified atom stereocenters. The maximum Gasteiger partial charge on any atom is 0.278 e. The zero-order valence-electron chi connectivity index (χ0n) is 16.6. The van der Waals surface area contributed by atoms with Crippen molar-refractivity contribution in [3.8, 4) is 0 Å². The van der Waals surface area contributed by atoms with Gasteiger partial charge in [0.05, 0.1) is 38.8 Å². The largest absolute Gasteiger partial charge is 0.853 e. The molecule has 0 bridgehead atoms. The molecule has 0 aromatic heterocycles. The number of hydrogen-bond donors (Lipinski definition) is 5. The highest BCUT2D eigenvalue weighted by Crippen LogP contribution is 2.12. The Morgan fingerprint density at radius 3 is 2.29 bits per heavy atom. The smallest absolute Gasteiger partial charge is 0.278 e. The lowest BCUT2D eigenvalue weighted by Gasteiger charge is -2.60. The van der Waals surface area contributed by atoms with E-state index in [9.17, 15) is 25.2 Å². The first kappa shape index (κ1) is 25.1. The van der Waals surface area contributed by atoms with Crippen molar-refractivity contribution in [2.75, 3.05) is 39.3 Å². The Kier molecular flexibility index (Phi) is 12.7. The Morgan fingerprint density at radius 1 is 0.964 bits per heavy atom. The third-order valence-corrected chi connectivity index (χ3v) is 4.89. The molecule has 166 valence electrons. The van der Waals surface area contributed by atoms with Gasteiger partial charge < -0.3 is 52.6 Å². The highest BCUT2D eigenvalue weighted by Gasteiger charge is 2.27. The Balaban J connectivity index is 2.45. The maximum atomic E-state index is 12.5. The molecule has 11 N–H and O–H groups in total. The molecule has 28 heavy (non-hydrogen) atoms. The van der Waals surface area contributed by atoms with Crippen LogP contribution in [0.1, 0.15) is 25.7 Å². The summed E-state index contributed by atoms with van der Waals surface area (Å²) < 4.78 is 4.82. The minimum Gasteiger partial charge on any atom is -0.853 e. The number of nitrogens with two attached hydrogens (primary N) is 2. The molecular weight excluding hydrogens is 370 g/mol. The summed E-state index contributed by atoms with van der Waals surface area (Å²) in [4.78, 5) is 12.5. The van der Waals surface area contributed by atoms with Crippen molar-refractivity contribution in [1.82, 2.24) is 5.32 Å². The first-order valence-corrected chi connectivity index (χ1v) is 10.2. The molecule has 0 aromatic rings. The maximum absolute atomic E-state index is 12.5. The molecule has 11 nitrogen and oxygen atoms in total. The lowest BCUT2D eigenvalue weighted by molar-refractivity contribution is -0.683. The van der Waals surface area contributed by atoms with Gasteiger partial charge in [-0.15, -0.1) is 18.3 Å². The van der Waals surface area contributed by atoms with Crippen LogP contribution < -0.4 is 47.8 Å². The second-order valence-corrected chi connectivity index (χ2v) is 7.24. The Bertz CT molecular complexity index is 433. The summed E-state index contributed by atoms with van der Waals surface area (Å²) in [6.45, 7) is 4.16. The third kappa shape index (κ3) is 8.64. The zero-order valence-corrected chi connectivity index (χ0v) is 16.6. The van der Waals surface area contributed by atoms with E-state index in [1.54, 1.807) is 0 Å². The van der Waals surface area contributed by atoms with Crippen LogP contribution >= 0.6 is 0 Å². The molecule has 1 saturated heterocycles. The van der Waals surface area contributed by atoms with E-state index in [1.807, 2.05) is 5.32 Å². The molecule has 1 heterocycles. The summed E-state index contributed by atoms with van der Waals surface area (Å²) in [6, 6.07) is -0.320. The first-order valence-electron chi connectivity index (χ1n) is 10.2. The van der Waals surface area contributed by atoms with Crippen LogP contribution in [0.5, 0.6) is 0 Å². The fourth-order valence-corrected chi connectivity index (χ4v) is 3.11. The van der Waals surface area contributed by atoms with Gasteiger partial charge in [-0.25, -0.2) is 0 Å². The number of nitrogens with one attached hydrogen (secondary N) is 1. The fourth-order valence-electron chi connectivity index (χ4n) is 3.11. The molecule has 0 saturated carbocycles. The van der Waals surface area contributed by atoms with Crippen molar-refractivity contribution in [1.29, 1.82) is 0 Å². The predicted molar refractivity (Wildman–Crippen MR) is 89.3 cm³/mol. The van der Waals surface area contributed by atoms with Gasteiger partial charge in [0.15, 0.2) is 6.04 Å². The molecule has 1 fully saturated rings. The Hall–Kier alpha value is -0.890. The number of ether oxygens (including phenoxy) is 1. The van der Waals surface area contributed by atoms with Crippen LogP contribution in [0, 0.1) is 0 Å². The van der Waals surface area contributed by atoms with E-state index >= 15 is 0 Å². The van der Waals surface area contributed by atoms with Crippen LogP contribution in [0.2, 0.25) is 0 Å². The number of quaternary nitrogens is 4. The van der Waals surface area contributed by atoms with Crippen molar-refractivity contribution in [2.45, 2.75) is 62.4 Å². The lowest BCUT2D eigenvalue weighted by Crippen LogP contribution is -2.93. The summed E-state index contributed by atoms with van der Waals surface area (Å²) in [5.74, 6) is -0.258. The van der Waals surface area contributed by atoms with E-state index in [0.29, 0.717) is 6.42 Å². The second kappa shape index (κ2) is 14.1. The van der Waals surface area contributed by atoms with Gasteiger partial charge in [0, 0.05) is 32.2 Å². The molecule has 0 aliphatic carbocycles. The van der Waals surface area contributed by atoms with Crippen molar-refractivity contribution in [2.24, 2.45) is 0 Å². The van der Waals surface area contributed by atoms with Crippen molar-refractivity contribution in [3.63, 3.8) is 0 Å². The van der Waals surface area contributed by atoms with E-state index in [2.05, 4.69) is 22.1 Å². The van der Waals surface area contributed by atoms with Crippen LogP contribution in [0.3, 0.4) is 0 Å². The van der Waals surface area contributed by atoms with Gasteiger partial charge in [-0.3, -0.25) is 4.79 Å². The van der Waals surface area contributed by atoms with Crippen LogP contribution in [-0.2, 0) is 9.53 Å². The average Bonchev–Trinajstić information content (AvgIpc) is 2.69. The van der Waals surface area contributed by atoms with Gasteiger partial charge in [-0.2, -0.15) is 0 Å². The minimum absolute atomic E-state index is 0.230. The highest BCUT2D eigenvalue weighted by molar-refractivity contribution is 5.80. The summed E-state index contributed by atoms with van der Waals surface area (Å²) >= 11 is 0. The monoisotopic (exact) mass is 407 g/mol. The Labute approximate surface area is 165 Å². The zero-order chi connectivity index (χ0) is 20.9. The number of carbonyl (C=O) groups excluding carboxylic acids is 1. The molecule has 1 aliphatic rings. The molecule has 0 aromatic carbocycles.